The number of benzene rings is 1. The van der Waals surface area contributed by atoms with E-state index in [1.807, 2.05) is 0 Å². The van der Waals surface area contributed by atoms with Gasteiger partial charge >= 0.3 is 0 Å². The van der Waals surface area contributed by atoms with Gasteiger partial charge in [-0.15, -0.1) is 11.3 Å². The van der Waals surface area contributed by atoms with E-state index in [1.54, 1.807) is 11.3 Å². The Labute approximate surface area is 121 Å². The van der Waals surface area contributed by atoms with Gasteiger partial charge in [0.1, 0.15) is 5.01 Å². The SMILES string of the molecule is Cc1ccc(-c2nc(CNC(C)C)cs2)cc1Br. The van der Waals surface area contributed by atoms with Crippen molar-refractivity contribution in [2.45, 2.75) is 33.4 Å². The number of hydrogen-bond acceptors (Lipinski definition) is 3. The molecule has 0 saturated heterocycles. The van der Waals surface area contributed by atoms with Gasteiger partial charge in [-0.2, -0.15) is 0 Å². The zero-order valence-corrected chi connectivity index (χ0v) is 13.2. The quantitative estimate of drug-likeness (QED) is 0.902. The predicted molar refractivity (Wildman–Crippen MR) is 82.0 cm³/mol. The van der Waals surface area contributed by atoms with E-state index in [0.717, 1.165) is 21.7 Å². The third-order valence-electron chi connectivity index (χ3n) is 2.66. The molecule has 0 aliphatic rings. The maximum absolute atomic E-state index is 4.66. The number of halogens is 1. The van der Waals surface area contributed by atoms with Crippen LogP contribution < -0.4 is 5.32 Å². The van der Waals surface area contributed by atoms with Crippen molar-refractivity contribution >= 4 is 27.3 Å². The van der Waals surface area contributed by atoms with Crippen LogP contribution in [0.5, 0.6) is 0 Å². The van der Waals surface area contributed by atoms with Crippen molar-refractivity contribution in [3.05, 3.63) is 39.3 Å². The number of aromatic nitrogens is 1. The van der Waals surface area contributed by atoms with Gasteiger partial charge in [0.2, 0.25) is 0 Å². The molecule has 2 aromatic rings. The minimum absolute atomic E-state index is 0.490. The fourth-order valence-corrected chi connectivity index (χ4v) is 2.75. The van der Waals surface area contributed by atoms with Crippen LogP contribution in [0.4, 0.5) is 0 Å². The van der Waals surface area contributed by atoms with E-state index < -0.39 is 0 Å². The second-order valence-corrected chi connectivity index (χ2v) is 6.36. The van der Waals surface area contributed by atoms with E-state index in [2.05, 4.69) is 70.6 Å². The van der Waals surface area contributed by atoms with E-state index in [9.17, 15) is 0 Å². The summed E-state index contributed by atoms with van der Waals surface area (Å²) in [6.45, 7) is 7.21. The zero-order chi connectivity index (χ0) is 13.1. The first-order chi connectivity index (χ1) is 8.56. The van der Waals surface area contributed by atoms with Crippen LogP contribution in [0.15, 0.2) is 28.1 Å². The first-order valence-corrected chi connectivity index (χ1v) is 7.68. The van der Waals surface area contributed by atoms with Gasteiger partial charge in [0, 0.05) is 28.0 Å². The molecular formula is C14H17BrN2S. The van der Waals surface area contributed by atoms with Crippen LogP contribution in [0.3, 0.4) is 0 Å². The monoisotopic (exact) mass is 324 g/mol. The summed E-state index contributed by atoms with van der Waals surface area (Å²) in [4.78, 5) is 4.66. The van der Waals surface area contributed by atoms with Crippen molar-refractivity contribution in [2.75, 3.05) is 0 Å². The number of nitrogens with zero attached hydrogens (tertiary/aromatic N) is 1. The smallest absolute Gasteiger partial charge is 0.123 e. The molecule has 0 fully saturated rings. The highest BCUT2D eigenvalue weighted by Crippen LogP contribution is 2.28. The van der Waals surface area contributed by atoms with Gasteiger partial charge in [-0.1, -0.05) is 41.9 Å². The first kappa shape index (κ1) is 13.7. The number of nitrogens with one attached hydrogen (secondary N) is 1. The van der Waals surface area contributed by atoms with E-state index in [4.69, 9.17) is 0 Å². The minimum atomic E-state index is 0.490. The van der Waals surface area contributed by atoms with Crippen LogP contribution in [0.25, 0.3) is 10.6 Å². The van der Waals surface area contributed by atoms with Crippen LogP contribution >= 0.6 is 27.3 Å². The van der Waals surface area contributed by atoms with Gasteiger partial charge in [-0.3, -0.25) is 0 Å². The molecule has 0 unspecified atom stereocenters. The third kappa shape index (κ3) is 3.40. The zero-order valence-electron chi connectivity index (χ0n) is 10.8. The highest BCUT2D eigenvalue weighted by atomic mass is 79.9. The van der Waals surface area contributed by atoms with Crippen molar-refractivity contribution in [1.82, 2.24) is 10.3 Å². The van der Waals surface area contributed by atoms with Gasteiger partial charge < -0.3 is 5.32 Å². The molecule has 0 aliphatic carbocycles. The summed E-state index contributed by atoms with van der Waals surface area (Å²) in [7, 11) is 0. The molecular weight excluding hydrogens is 308 g/mol. The highest BCUT2D eigenvalue weighted by molar-refractivity contribution is 9.10. The molecule has 0 radical (unpaired) electrons. The van der Waals surface area contributed by atoms with E-state index >= 15 is 0 Å². The summed E-state index contributed by atoms with van der Waals surface area (Å²) < 4.78 is 1.14. The Hall–Kier alpha value is -0.710. The summed E-state index contributed by atoms with van der Waals surface area (Å²) in [5.41, 5.74) is 3.53. The van der Waals surface area contributed by atoms with Crippen molar-refractivity contribution < 1.29 is 0 Å². The Bertz CT molecular complexity index is 534. The fraction of sp³-hybridized carbons (Fsp3) is 0.357. The van der Waals surface area contributed by atoms with Crippen molar-refractivity contribution in [3.8, 4) is 10.6 Å². The Morgan fingerprint density at radius 1 is 1.39 bits per heavy atom. The van der Waals surface area contributed by atoms with E-state index in [1.165, 1.54) is 11.1 Å². The standard InChI is InChI=1S/C14H17BrN2S/c1-9(2)16-7-12-8-18-14(17-12)11-5-4-10(3)13(15)6-11/h4-6,8-9,16H,7H2,1-3H3. The Morgan fingerprint density at radius 2 is 2.17 bits per heavy atom. The maximum atomic E-state index is 4.66. The first-order valence-electron chi connectivity index (χ1n) is 6.00. The third-order valence-corrected chi connectivity index (χ3v) is 4.46. The Kier molecular flexibility index (Phi) is 4.54. The molecule has 1 N–H and O–H groups in total. The van der Waals surface area contributed by atoms with Crippen LogP contribution in [-0.2, 0) is 6.54 Å². The molecule has 0 spiro atoms. The van der Waals surface area contributed by atoms with Crippen LogP contribution in [0.2, 0.25) is 0 Å². The van der Waals surface area contributed by atoms with Crippen molar-refractivity contribution in [3.63, 3.8) is 0 Å². The highest BCUT2D eigenvalue weighted by Gasteiger charge is 2.06. The molecule has 2 nitrogen and oxygen atoms in total. The lowest BCUT2D eigenvalue weighted by Crippen LogP contribution is -2.21. The van der Waals surface area contributed by atoms with Gasteiger partial charge in [0.25, 0.3) is 0 Å². The lowest BCUT2D eigenvalue weighted by Gasteiger charge is -2.05. The molecule has 4 heteroatoms. The number of aryl methyl sites for hydroxylation is 1. The summed E-state index contributed by atoms with van der Waals surface area (Å²) in [6.07, 6.45) is 0. The maximum Gasteiger partial charge on any atom is 0.123 e. The van der Waals surface area contributed by atoms with Crippen LogP contribution in [0, 0.1) is 6.92 Å². The summed E-state index contributed by atoms with van der Waals surface area (Å²) in [5, 5.41) is 6.59. The number of rotatable bonds is 4. The van der Waals surface area contributed by atoms with E-state index in [0.29, 0.717) is 6.04 Å². The topological polar surface area (TPSA) is 24.9 Å². The Morgan fingerprint density at radius 3 is 2.83 bits per heavy atom. The molecule has 0 aliphatic heterocycles. The largest absolute Gasteiger partial charge is 0.309 e. The molecule has 1 heterocycles. The van der Waals surface area contributed by atoms with Gasteiger partial charge in [-0.05, 0) is 18.6 Å². The van der Waals surface area contributed by atoms with Gasteiger partial charge in [0.05, 0.1) is 5.69 Å². The predicted octanol–water partition coefficient (Wildman–Crippen LogP) is 4.38. The minimum Gasteiger partial charge on any atom is -0.309 e. The lowest BCUT2D eigenvalue weighted by atomic mass is 10.2. The number of hydrogen-bond donors (Lipinski definition) is 1. The molecule has 0 atom stereocenters. The molecule has 0 bridgehead atoms. The van der Waals surface area contributed by atoms with Crippen LogP contribution in [-0.4, -0.2) is 11.0 Å². The average Bonchev–Trinajstić information content (AvgIpc) is 2.79. The Balaban J connectivity index is 2.16. The molecule has 0 amide bonds. The molecule has 0 saturated carbocycles. The van der Waals surface area contributed by atoms with E-state index in [-0.39, 0.29) is 0 Å². The average molecular weight is 325 g/mol. The second-order valence-electron chi connectivity index (χ2n) is 4.64. The van der Waals surface area contributed by atoms with Crippen molar-refractivity contribution in [2.24, 2.45) is 0 Å². The summed E-state index contributed by atoms with van der Waals surface area (Å²) in [6, 6.07) is 6.86. The van der Waals surface area contributed by atoms with Crippen molar-refractivity contribution in [1.29, 1.82) is 0 Å². The summed E-state index contributed by atoms with van der Waals surface area (Å²) >= 11 is 5.26. The molecule has 1 aromatic heterocycles. The lowest BCUT2D eigenvalue weighted by molar-refractivity contribution is 0.583. The molecule has 1 aromatic carbocycles. The normalized spacial score (nSPS) is 11.2. The molecule has 18 heavy (non-hydrogen) atoms. The molecule has 96 valence electrons. The van der Waals surface area contributed by atoms with Gasteiger partial charge in [-0.25, -0.2) is 4.98 Å². The van der Waals surface area contributed by atoms with Crippen LogP contribution in [0.1, 0.15) is 25.1 Å². The summed E-state index contributed by atoms with van der Waals surface area (Å²) in [5.74, 6) is 0. The second kappa shape index (κ2) is 5.95. The number of thiazole rings is 1. The fourth-order valence-electron chi connectivity index (χ4n) is 1.56. The molecule has 2 rings (SSSR count). The van der Waals surface area contributed by atoms with Gasteiger partial charge in [0.15, 0.2) is 0 Å².